The van der Waals surface area contributed by atoms with Crippen molar-refractivity contribution in [3.05, 3.63) is 11.9 Å². The Balaban J connectivity index is 2.97. The standard InChI is InChI=1S/C15H27N5O/c1-5-7-11-18-12(17-8-6-2)9-13(19-11)20-14(10(3)4)15(16)21/h9-10,14H,5-8H2,1-4H3,(H2,16,21)(H2,17,18,19,20). The van der Waals surface area contributed by atoms with Crippen LogP contribution >= 0.6 is 0 Å². The first kappa shape index (κ1) is 17.2. The molecule has 21 heavy (non-hydrogen) atoms. The lowest BCUT2D eigenvalue weighted by Crippen LogP contribution is -2.39. The van der Waals surface area contributed by atoms with Gasteiger partial charge >= 0.3 is 0 Å². The zero-order valence-electron chi connectivity index (χ0n) is 13.4. The summed E-state index contributed by atoms with van der Waals surface area (Å²) in [6.07, 6.45) is 2.80. The van der Waals surface area contributed by atoms with Crippen LogP contribution in [0.25, 0.3) is 0 Å². The zero-order valence-corrected chi connectivity index (χ0v) is 13.4. The first-order chi connectivity index (χ1) is 9.97. The van der Waals surface area contributed by atoms with E-state index >= 15 is 0 Å². The van der Waals surface area contributed by atoms with Crippen LogP contribution < -0.4 is 16.4 Å². The zero-order chi connectivity index (χ0) is 15.8. The molecule has 0 fully saturated rings. The van der Waals surface area contributed by atoms with Gasteiger partial charge < -0.3 is 16.4 Å². The molecule has 0 aliphatic heterocycles. The Kier molecular flexibility index (Phi) is 6.91. The van der Waals surface area contributed by atoms with E-state index in [0.717, 1.165) is 37.4 Å². The van der Waals surface area contributed by atoms with Gasteiger partial charge in [0.25, 0.3) is 0 Å². The predicted molar refractivity (Wildman–Crippen MR) is 86.3 cm³/mol. The Morgan fingerprint density at radius 2 is 1.90 bits per heavy atom. The highest BCUT2D eigenvalue weighted by atomic mass is 16.1. The van der Waals surface area contributed by atoms with Crippen molar-refractivity contribution in [3.63, 3.8) is 0 Å². The molecule has 0 saturated heterocycles. The van der Waals surface area contributed by atoms with E-state index in [2.05, 4.69) is 34.4 Å². The summed E-state index contributed by atoms with van der Waals surface area (Å²) in [4.78, 5) is 20.5. The van der Waals surface area contributed by atoms with Crippen LogP contribution in [0, 0.1) is 5.92 Å². The maximum atomic E-state index is 11.5. The van der Waals surface area contributed by atoms with E-state index in [1.807, 2.05) is 19.9 Å². The normalized spacial score (nSPS) is 12.2. The molecule has 0 radical (unpaired) electrons. The Bertz CT molecular complexity index is 461. The molecule has 118 valence electrons. The third-order valence-corrected chi connectivity index (χ3v) is 3.08. The molecule has 6 nitrogen and oxygen atoms in total. The van der Waals surface area contributed by atoms with Crippen molar-refractivity contribution in [1.82, 2.24) is 9.97 Å². The molecular formula is C15H27N5O. The van der Waals surface area contributed by atoms with Crippen molar-refractivity contribution in [1.29, 1.82) is 0 Å². The van der Waals surface area contributed by atoms with Crippen LogP contribution in [0.15, 0.2) is 6.07 Å². The number of aromatic nitrogens is 2. The van der Waals surface area contributed by atoms with Crippen LogP contribution in [0.1, 0.15) is 46.4 Å². The van der Waals surface area contributed by atoms with Crippen molar-refractivity contribution >= 4 is 17.5 Å². The predicted octanol–water partition coefficient (Wildman–Crippen LogP) is 2.17. The van der Waals surface area contributed by atoms with E-state index in [0.29, 0.717) is 5.82 Å². The lowest BCUT2D eigenvalue weighted by Gasteiger charge is -2.20. The second-order valence-corrected chi connectivity index (χ2v) is 5.50. The quantitative estimate of drug-likeness (QED) is 0.649. The number of hydrogen-bond acceptors (Lipinski definition) is 5. The molecule has 1 unspecified atom stereocenters. The Hall–Kier alpha value is -1.85. The number of nitrogens with one attached hydrogen (secondary N) is 2. The van der Waals surface area contributed by atoms with Crippen molar-refractivity contribution in [2.24, 2.45) is 11.7 Å². The SMILES string of the molecule is CCCNc1cc(NC(C(N)=O)C(C)C)nc(CCC)n1. The maximum Gasteiger partial charge on any atom is 0.240 e. The number of carbonyl (C=O) groups is 1. The van der Waals surface area contributed by atoms with Crippen LogP contribution in [-0.2, 0) is 11.2 Å². The van der Waals surface area contributed by atoms with E-state index in [1.165, 1.54) is 0 Å². The molecule has 1 aromatic heterocycles. The average Bonchev–Trinajstić information content (AvgIpc) is 2.42. The van der Waals surface area contributed by atoms with E-state index in [1.54, 1.807) is 0 Å². The van der Waals surface area contributed by atoms with Crippen molar-refractivity contribution in [2.75, 3.05) is 17.2 Å². The highest BCUT2D eigenvalue weighted by molar-refractivity contribution is 5.83. The number of nitrogens with two attached hydrogens (primary N) is 1. The minimum absolute atomic E-state index is 0.0964. The summed E-state index contributed by atoms with van der Waals surface area (Å²) in [5.41, 5.74) is 5.44. The lowest BCUT2D eigenvalue weighted by atomic mass is 10.0. The second kappa shape index (κ2) is 8.44. The molecule has 6 heteroatoms. The topological polar surface area (TPSA) is 92.9 Å². The highest BCUT2D eigenvalue weighted by Crippen LogP contribution is 2.16. The number of primary amides is 1. The number of carbonyl (C=O) groups excluding carboxylic acids is 1. The number of hydrogen-bond donors (Lipinski definition) is 3. The molecule has 0 aromatic carbocycles. The van der Waals surface area contributed by atoms with Crippen LogP contribution in [0.5, 0.6) is 0 Å². The van der Waals surface area contributed by atoms with E-state index in [4.69, 9.17) is 5.73 Å². The van der Waals surface area contributed by atoms with Gasteiger partial charge in [-0.15, -0.1) is 0 Å². The molecule has 1 rings (SSSR count). The molecule has 0 spiro atoms. The summed E-state index contributed by atoms with van der Waals surface area (Å²) in [5.74, 6) is 1.92. The molecule has 1 amide bonds. The minimum atomic E-state index is -0.437. The Morgan fingerprint density at radius 1 is 1.24 bits per heavy atom. The molecule has 1 heterocycles. The fourth-order valence-corrected chi connectivity index (χ4v) is 1.98. The first-order valence-corrected chi connectivity index (χ1v) is 7.65. The summed E-state index contributed by atoms with van der Waals surface area (Å²) >= 11 is 0. The van der Waals surface area contributed by atoms with Crippen molar-refractivity contribution in [3.8, 4) is 0 Å². The van der Waals surface area contributed by atoms with Gasteiger partial charge in [-0.05, 0) is 18.8 Å². The van der Waals surface area contributed by atoms with Gasteiger partial charge in [0.1, 0.15) is 23.5 Å². The van der Waals surface area contributed by atoms with E-state index < -0.39 is 6.04 Å². The van der Waals surface area contributed by atoms with Crippen LogP contribution in [-0.4, -0.2) is 28.5 Å². The summed E-state index contributed by atoms with van der Waals surface area (Å²) in [6.45, 7) is 8.94. The molecule has 0 saturated carbocycles. The minimum Gasteiger partial charge on any atom is -0.370 e. The fourth-order valence-electron chi connectivity index (χ4n) is 1.98. The van der Waals surface area contributed by atoms with Crippen LogP contribution in [0.4, 0.5) is 11.6 Å². The molecule has 0 aliphatic rings. The van der Waals surface area contributed by atoms with Crippen LogP contribution in [0.2, 0.25) is 0 Å². The van der Waals surface area contributed by atoms with Gasteiger partial charge in [0.15, 0.2) is 0 Å². The van der Waals surface area contributed by atoms with Gasteiger partial charge in [-0.25, -0.2) is 9.97 Å². The maximum absolute atomic E-state index is 11.5. The summed E-state index contributed by atoms with van der Waals surface area (Å²) in [6, 6.07) is 1.39. The smallest absolute Gasteiger partial charge is 0.240 e. The Labute approximate surface area is 126 Å². The van der Waals surface area contributed by atoms with Gasteiger partial charge in [-0.3, -0.25) is 4.79 Å². The molecule has 1 atom stereocenters. The first-order valence-electron chi connectivity index (χ1n) is 7.65. The van der Waals surface area contributed by atoms with Crippen molar-refractivity contribution in [2.45, 2.75) is 53.0 Å². The van der Waals surface area contributed by atoms with E-state index in [9.17, 15) is 4.79 Å². The van der Waals surface area contributed by atoms with Gasteiger partial charge in [0.2, 0.25) is 5.91 Å². The summed E-state index contributed by atoms with van der Waals surface area (Å²) in [7, 11) is 0. The van der Waals surface area contributed by atoms with Gasteiger partial charge in [-0.1, -0.05) is 27.7 Å². The van der Waals surface area contributed by atoms with Crippen molar-refractivity contribution < 1.29 is 4.79 Å². The molecular weight excluding hydrogens is 266 g/mol. The van der Waals surface area contributed by atoms with Crippen LogP contribution in [0.3, 0.4) is 0 Å². The Morgan fingerprint density at radius 3 is 2.43 bits per heavy atom. The van der Waals surface area contributed by atoms with Gasteiger partial charge in [0.05, 0.1) is 0 Å². The number of aryl methyl sites for hydroxylation is 1. The fraction of sp³-hybridized carbons (Fsp3) is 0.667. The molecule has 1 aromatic rings. The largest absolute Gasteiger partial charge is 0.370 e. The number of amides is 1. The number of nitrogens with zero attached hydrogens (tertiary/aromatic N) is 2. The summed E-state index contributed by atoms with van der Waals surface area (Å²) < 4.78 is 0. The number of anilines is 2. The highest BCUT2D eigenvalue weighted by Gasteiger charge is 2.20. The summed E-state index contributed by atoms with van der Waals surface area (Å²) in [5, 5.41) is 6.39. The van der Waals surface area contributed by atoms with Gasteiger partial charge in [-0.2, -0.15) is 0 Å². The molecule has 4 N–H and O–H groups in total. The average molecular weight is 293 g/mol. The lowest BCUT2D eigenvalue weighted by molar-refractivity contribution is -0.119. The third-order valence-electron chi connectivity index (χ3n) is 3.08. The molecule has 0 aliphatic carbocycles. The monoisotopic (exact) mass is 293 g/mol. The third kappa shape index (κ3) is 5.57. The second-order valence-electron chi connectivity index (χ2n) is 5.50. The molecule has 0 bridgehead atoms. The van der Waals surface area contributed by atoms with Gasteiger partial charge in [0, 0.05) is 19.0 Å². The number of rotatable bonds is 9. The van der Waals surface area contributed by atoms with E-state index in [-0.39, 0.29) is 11.8 Å².